The summed E-state index contributed by atoms with van der Waals surface area (Å²) in [5, 5.41) is 10.9. The lowest BCUT2D eigenvalue weighted by atomic mass is 9.75. The van der Waals surface area contributed by atoms with Crippen molar-refractivity contribution in [3.8, 4) is 0 Å². The zero-order valence-electron chi connectivity index (χ0n) is 14.7. The van der Waals surface area contributed by atoms with Gasteiger partial charge in [0, 0.05) is 31.6 Å². The topological polar surface area (TPSA) is 57.6 Å². The van der Waals surface area contributed by atoms with Crippen LogP contribution in [-0.2, 0) is 16.3 Å². The second-order valence-corrected chi connectivity index (χ2v) is 8.94. The molecule has 0 bridgehead atoms. The number of rotatable bonds is 5. The maximum absolute atomic E-state index is 12.9. The first-order chi connectivity index (χ1) is 10.8. The molecule has 0 aromatic heterocycles. The van der Waals surface area contributed by atoms with E-state index in [-0.39, 0.29) is 5.75 Å². The van der Waals surface area contributed by atoms with Crippen LogP contribution >= 0.6 is 0 Å². The van der Waals surface area contributed by atoms with Gasteiger partial charge in [0.2, 0.25) is 0 Å². The van der Waals surface area contributed by atoms with Crippen molar-refractivity contribution in [2.24, 2.45) is 5.41 Å². The molecule has 0 fully saturated rings. The molecule has 0 amide bonds. The van der Waals surface area contributed by atoms with Crippen molar-refractivity contribution in [1.82, 2.24) is 0 Å². The predicted octanol–water partition coefficient (Wildman–Crippen LogP) is 3.03. The van der Waals surface area contributed by atoms with E-state index < -0.39 is 21.4 Å². The molecule has 2 atom stereocenters. The molecule has 0 spiro atoms. The summed E-state index contributed by atoms with van der Waals surface area (Å²) in [7, 11) is 0.480. The third kappa shape index (κ3) is 3.56. The molecule has 1 aromatic carbocycles. The molecule has 23 heavy (non-hydrogen) atoms. The molecule has 0 saturated carbocycles. The van der Waals surface area contributed by atoms with E-state index in [1.165, 1.54) is 0 Å². The molecule has 5 heteroatoms. The van der Waals surface area contributed by atoms with Gasteiger partial charge in [-0.25, -0.2) is 8.42 Å². The van der Waals surface area contributed by atoms with E-state index >= 15 is 0 Å². The number of fused-ring (bicyclic) bond motifs is 1. The zero-order valence-corrected chi connectivity index (χ0v) is 15.5. The number of aliphatic hydroxyl groups is 1. The highest BCUT2D eigenvalue weighted by atomic mass is 32.2. The van der Waals surface area contributed by atoms with Crippen LogP contribution in [0.15, 0.2) is 23.1 Å². The summed E-state index contributed by atoms with van der Waals surface area (Å²) in [6, 6.07) is 5.45. The maximum Gasteiger partial charge on any atom is 0.179 e. The Hall–Kier alpha value is -1.07. The van der Waals surface area contributed by atoms with E-state index in [2.05, 4.69) is 6.92 Å². The van der Waals surface area contributed by atoms with Crippen molar-refractivity contribution in [1.29, 1.82) is 0 Å². The van der Waals surface area contributed by atoms with Gasteiger partial charge in [0.25, 0.3) is 0 Å². The Morgan fingerprint density at radius 1 is 1.30 bits per heavy atom. The minimum absolute atomic E-state index is 0.0476. The first kappa shape index (κ1) is 18.3. The number of aliphatic hydroxyl groups excluding tert-OH is 1. The fourth-order valence-corrected chi connectivity index (χ4v) is 5.84. The third-order valence-corrected chi connectivity index (χ3v) is 7.25. The molecule has 4 nitrogen and oxygen atoms in total. The first-order valence-electron chi connectivity index (χ1n) is 8.47. The highest BCUT2D eigenvalue weighted by Gasteiger charge is 2.43. The Morgan fingerprint density at radius 3 is 2.57 bits per heavy atom. The molecule has 0 saturated heterocycles. The van der Waals surface area contributed by atoms with E-state index in [9.17, 15) is 13.5 Å². The van der Waals surface area contributed by atoms with Crippen LogP contribution in [0.2, 0.25) is 0 Å². The summed E-state index contributed by atoms with van der Waals surface area (Å²) >= 11 is 0. The van der Waals surface area contributed by atoms with Crippen LogP contribution in [0.4, 0.5) is 5.69 Å². The van der Waals surface area contributed by atoms with E-state index in [1.54, 1.807) is 6.07 Å². The standard InChI is InChI=1S/C18H29NO3S/c1-5-7-10-18(6-2)13-23(21,22)16-9-8-15(19(3)4)11-14(16)12-17(18)20/h8-9,11,17,20H,5-7,10,12-13H2,1-4H3/t17-,18-/m1/s1. The van der Waals surface area contributed by atoms with Crippen LogP contribution < -0.4 is 4.90 Å². The second-order valence-electron chi connectivity index (χ2n) is 6.98. The molecule has 1 aromatic rings. The number of hydrogen-bond donors (Lipinski definition) is 1. The van der Waals surface area contributed by atoms with Crippen LogP contribution in [0, 0.1) is 5.41 Å². The highest BCUT2D eigenvalue weighted by Crippen LogP contribution is 2.41. The van der Waals surface area contributed by atoms with Crippen LogP contribution in [0.5, 0.6) is 0 Å². The van der Waals surface area contributed by atoms with Crippen LogP contribution in [0.1, 0.15) is 45.1 Å². The van der Waals surface area contributed by atoms with E-state index in [1.807, 2.05) is 38.1 Å². The molecule has 0 aliphatic carbocycles. The maximum atomic E-state index is 12.9. The van der Waals surface area contributed by atoms with Crippen molar-refractivity contribution in [2.75, 3.05) is 24.7 Å². The fourth-order valence-electron chi connectivity index (χ4n) is 3.57. The van der Waals surface area contributed by atoms with Gasteiger partial charge in [0.05, 0.1) is 16.8 Å². The molecule has 1 aliphatic rings. The zero-order chi connectivity index (χ0) is 17.3. The summed E-state index contributed by atoms with van der Waals surface area (Å²) < 4.78 is 25.9. The lowest BCUT2D eigenvalue weighted by Crippen LogP contribution is -2.40. The minimum atomic E-state index is -3.38. The van der Waals surface area contributed by atoms with Gasteiger partial charge in [0.1, 0.15) is 0 Å². The van der Waals surface area contributed by atoms with Gasteiger partial charge >= 0.3 is 0 Å². The molecule has 130 valence electrons. The Bertz CT molecular complexity index is 654. The minimum Gasteiger partial charge on any atom is -0.392 e. The molecule has 1 N–H and O–H groups in total. The number of unbranched alkanes of at least 4 members (excludes halogenated alkanes) is 1. The van der Waals surface area contributed by atoms with E-state index in [0.29, 0.717) is 17.7 Å². The highest BCUT2D eigenvalue weighted by molar-refractivity contribution is 7.91. The van der Waals surface area contributed by atoms with E-state index in [0.717, 1.165) is 30.5 Å². The molecule has 1 aliphatic heterocycles. The SMILES string of the molecule is CCCC[C@]1(CC)CS(=O)(=O)c2ccc(N(C)C)cc2C[C@H]1O. The average molecular weight is 340 g/mol. The second kappa shape index (κ2) is 6.81. The Balaban J connectivity index is 2.51. The summed E-state index contributed by atoms with van der Waals surface area (Å²) in [5.41, 5.74) is 1.17. The molecular formula is C18H29NO3S. The molecule has 2 rings (SSSR count). The Kier molecular flexibility index (Phi) is 5.41. The quantitative estimate of drug-likeness (QED) is 0.896. The summed E-state index contributed by atoms with van der Waals surface area (Å²) in [4.78, 5) is 2.35. The number of hydrogen-bond acceptors (Lipinski definition) is 4. The summed E-state index contributed by atoms with van der Waals surface area (Å²) in [5.74, 6) is 0.0476. The van der Waals surface area contributed by atoms with Crippen molar-refractivity contribution >= 4 is 15.5 Å². The molecular weight excluding hydrogens is 310 g/mol. The lowest BCUT2D eigenvalue weighted by molar-refractivity contribution is 0.0300. The van der Waals surface area contributed by atoms with Crippen LogP contribution in [0.25, 0.3) is 0 Å². The number of anilines is 1. The van der Waals surface area contributed by atoms with Gasteiger partial charge in [-0.1, -0.05) is 26.7 Å². The van der Waals surface area contributed by atoms with Crippen molar-refractivity contribution < 1.29 is 13.5 Å². The van der Waals surface area contributed by atoms with Gasteiger partial charge in [-0.15, -0.1) is 0 Å². The monoisotopic (exact) mass is 339 g/mol. The lowest BCUT2D eigenvalue weighted by Gasteiger charge is -2.35. The van der Waals surface area contributed by atoms with Crippen molar-refractivity contribution in [3.63, 3.8) is 0 Å². The first-order valence-corrected chi connectivity index (χ1v) is 10.1. The Morgan fingerprint density at radius 2 is 2.00 bits per heavy atom. The van der Waals surface area contributed by atoms with E-state index in [4.69, 9.17) is 0 Å². The van der Waals surface area contributed by atoms with Crippen molar-refractivity contribution in [3.05, 3.63) is 23.8 Å². The van der Waals surface area contributed by atoms with Gasteiger partial charge < -0.3 is 10.0 Å². The van der Waals surface area contributed by atoms with Crippen LogP contribution in [0.3, 0.4) is 0 Å². The largest absolute Gasteiger partial charge is 0.392 e. The van der Waals surface area contributed by atoms with Crippen LogP contribution in [-0.4, -0.2) is 39.5 Å². The van der Waals surface area contributed by atoms with Gasteiger partial charge in [0.15, 0.2) is 9.84 Å². The summed E-state index contributed by atoms with van der Waals surface area (Å²) in [6.07, 6.45) is 3.18. The van der Waals surface area contributed by atoms with Gasteiger partial charge in [-0.3, -0.25) is 0 Å². The number of sulfone groups is 1. The molecule has 0 unspecified atom stereocenters. The molecule has 1 heterocycles. The Labute approximate surface area is 140 Å². The van der Waals surface area contributed by atoms with Gasteiger partial charge in [-0.05, 0) is 36.6 Å². The number of benzene rings is 1. The fraction of sp³-hybridized carbons (Fsp3) is 0.667. The molecule has 0 radical (unpaired) electrons. The third-order valence-electron chi connectivity index (χ3n) is 5.23. The summed E-state index contributed by atoms with van der Waals surface area (Å²) in [6.45, 7) is 4.09. The smallest absolute Gasteiger partial charge is 0.179 e. The van der Waals surface area contributed by atoms with Crippen molar-refractivity contribution in [2.45, 2.75) is 57.0 Å². The predicted molar refractivity (Wildman–Crippen MR) is 94.8 cm³/mol. The van der Waals surface area contributed by atoms with Gasteiger partial charge in [-0.2, -0.15) is 0 Å². The average Bonchev–Trinajstić information content (AvgIpc) is 2.58. The number of nitrogens with zero attached hydrogens (tertiary/aromatic N) is 1. The normalized spacial score (nSPS) is 26.4.